The normalized spacial score (nSPS) is 36.1. The molecular formula is C16H24NO+. The number of hydrogen-bond donors (Lipinski definition) is 2. The molecule has 0 aromatic heterocycles. The van der Waals surface area contributed by atoms with Gasteiger partial charge < -0.3 is 10.4 Å². The van der Waals surface area contributed by atoms with Crippen molar-refractivity contribution in [2.24, 2.45) is 5.92 Å². The van der Waals surface area contributed by atoms with Gasteiger partial charge in [-0.3, -0.25) is 0 Å². The topological polar surface area (TPSA) is 36.8 Å². The van der Waals surface area contributed by atoms with Gasteiger partial charge in [0.25, 0.3) is 0 Å². The average Bonchev–Trinajstić information content (AvgIpc) is 2.39. The van der Waals surface area contributed by atoms with Gasteiger partial charge in [0, 0.05) is 18.8 Å². The summed E-state index contributed by atoms with van der Waals surface area (Å²) in [7, 11) is 0. The minimum Gasteiger partial charge on any atom is -0.389 e. The van der Waals surface area contributed by atoms with Crippen molar-refractivity contribution < 1.29 is 10.4 Å². The molecule has 1 saturated heterocycles. The first-order valence-electron chi connectivity index (χ1n) is 7.38. The molecule has 1 aliphatic heterocycles. The molecule has 3 rings (SSSR count). The molecule has 0 unspecified atom stereocenters. The Kier molecular flexibility index (Phi) is 3.40. The Bertz CT molecular complexity index is 387. The quantitative estimate of drug-likeness (QED) is 0.815. The zero-order valence-corrected chi connectivity index (χ0v) is 11.0. The second-order valence-corrected chi connectivity index (χ2v) is 6.08. The van der Waals surface area contributed by atoms with Crippen molar-refractivity contribution in [3.8, 4) is 0 Å². The van der Waals surface area contributed by atoms with Crippen LogP contribution < -0.4 is 5.32 Å². The van der Waals surface area contributed by atoms with E-state index < -0.39 is 0 Å². The molecule has 98 valence electrons. The van der Waals surface area contributed by atoms with Crippen LogP contribution in [-0.2, 0) is 6.42 Å². The molecule has 2 aliphatic rings. The van der Waals surface area contributed by atoms with Gasteiger partial charge in [-0.15, -0.1) is 0 Å². The Morgan fingerprint density at radius 3 is 2.83 bits per heavy atom. The van der Waals surface area contributed by atoms with Crippen LogP contribution in [0.15, 0.2) is 30.3 Å². The van der Waals surface area contributed by atoms with E-state index in [1.165, 1.54) is 24.8 Å². The van der Waals surface area contributed by atoms with Crippen LogP contribution >= 0.6 is 0 Å². The van der Waals surface area contributed by atoms with Crippen LogP contribution in [0.1, 0.15) is 37.7 Å². The third kappa shape index (κ3) is 2.32. The number of benzene rings is 1. The number of aliphatic hydroxyl groups is 1. The number of fused-ring (bicyclic) bond motifs is 1. The van der Waals surface area contributed by atoms with Crippen LogP contribution in [0.25, 0.3) is 0 Å². The zero-order chi connectivity index (χ0) is 12.4. The standard InChI is InChI=1S/C16H23NO/c18-16-9-5-4-8-14(16)15(17-11-10-16)12-13-6-2-1-3-7-13/h1-3,6-7,14-15,17-18H,4-5,8-12H2/p+1/t14-,15+,16+/m1/s1. The van der Waals surface area contributed by atoms with Gasteiger partial charge in [0.05, 0.1) is 18.2 Å². The summed E-state index contributed by atoms with van der Waals surface area (Å²) in [5, 5.41) is 13.3. The summed E-state index contributed by atoms with van der Waals surface area (Å²) in [5.41, 5.74) is 1.06. The van der Waals surface area contributed by atoms with E-state index in [0.717, 1.165) is 25.8 Å². The van der Waals surface area contributed by atoms with Crippen LogP contribution in [0, 0.1) is 5.92 Å². The van der Waals surface area contributed by atoms with E-state index >= 15 is 0 Å². The molecule has 18 heavy (non-hydrogen) atoms. The van der Waals surface area contributed by atoms with Crippen LogP contribution in [0.3, 0.4) is 0 Å². The SMILES string of the molecule is O[C@]12CCCC[C@@H]1[C@H](Cc1ccccc1)[NH2+]CC2. The van der Waals surface area contributed by atoms with Gasteiger partial charge in [-0.2, -0.15) is 0 Å². The number of piperidine rings is 1. The van der Waals surface area contributed by atoms with Gasteiger partial charge >= 0.3 is 0 Å². The van der Waals surface area contributed by atoms with Gasteiger partial charge in [0.15, 0.2) is 0 Å². The lowest BCUT2D eigenvalue weighted by Crippen LogP contribution is -2.96. The maximum absolute atomic E-state index is 10.8. The second kappa shape index (κ2) is 5.02. The molecule has 1 saturated carbocycles. The second-order valence-electron chi connectivity index (χ2n) is 6.08. The molecule has 0 spiro atoms. The van der Waals surface area contributed by atoms with Gasteiger partial charge in [-0.1, -0.05) is 43.2 Å². The summed E-state index contributed by atoms with van der Waals surface area (Å²) >= 11 is 0. The monoisotopic (exact) mass is 246 g/mol. The lowest BCUT2D eigenvalue weighted by Gasteiger charge is -2.46. The van der Waals surface area contributed by atoms with Crippen molar-refractivity contribution in [3.05, 3.63) is 35.9 Å². The lowest BCUT2D eigenvalue weighted by atomic mass is 9.67. The molecule has 2 fully saturated rings. The van der Waals surface area contributed by atoms with Crippen molar-refractivity contribution in [3.63, 3.8) is 0 Å². The van der Waals surface area contributed by atoms with E-state index in [0.29, 0.717) is 12.0 Å². The largest absolute Gasteiger partial charge is 0.389 e. The van der Waals surface area contributed by atoms with E-state index in [4.69, 9.17) is 0 Å². The first-order valence-corrected chi connectivity index (χ1v) is 7.38. The smallest absolute Gasteiger partial charge is 0.0956 e. The average molecular weight is 246 g/mol. The van der Waals surface area contributed by atoms with Gasteiger partial charge in [-0.25, -0.2) is 0 Å². The summed E-state index contributed by atoms with van der Waals surface area (Å²) in [6.07, 6.45) is 6.84. The molecule has 2 heteroatoms. The molecule has 1 aliphatic carbocycles. The van der Waals surface area contributed by atoms with E-state index in [1.54, 1.807) is 0 Å². The number of rotatable bonds is 2. The highest BCUT2D eigenvalue weighted by Crippen LogP contribution is 2.39. The molecule has 1 aromatic rings. The maximum Gasteiger partial charge on any atom is 0.0956 e. The van der Waals surface area contributed by atoms with Crippen molar-refractivity contribution in [1.29, 1.82) is 0 Å². The predicted molar refractivity (Wildman–Crippen MR) is 72.3 cm³/mol. The first-order chi connectivity index (χ1) is 8.78. The molecule has 1 heterocycles. The fourth-order valence-corrected chi connectivity index (χ4v) is 4.00. The summed E-state index contributed by atoms with van der Waals surface area (Å²) in [5.74, 6) is 0.500. The van der Waals surface area contributed by atoms with E-state index in [1.807, 2.05) is 0 Å². The molecule has 3 N–H and O–H groups in total. The predicted octanol–water partition coefficient (Wildman–Crippen LogP) is 1.49. The minimum atomic E-state index is -0.355. The number of hydrogen-bond acceptors (Lipinski definition) is 1. The van der Waals surface area contributed by atoms with Crippen LogP contribution in [-0.4, -0.2) is 23.3 Å². The molecule has 3 atom stereocenters. The molecule has 0 amide bonds. The van der Waals surface area contributed by atoms with Crippen molar-refractivity contribution in [2.45, 2.75) is 50.2 Å². The lowest BCUT2D eigenvalue weighted by molar-refractivity contribution is -0.712. The first kappa shape index (κ1) is 12.2. The third-order valence-corrected chi connectivity index (χ3v) is 4.94. The van der Waals surface area contributed by atoms with Crippen molar-refractivity contribution >= 4 is 0 Å². The van der Waals surface area contributed by atoms with Crippen molar-refractivity contribution in [1.82, 2.24) is 0 Å². The Hall–Kier alpha value is -0.860. The minimum absolute atomic E-state index is 0.355. The summed E-state index contributed by atoms with van der Waals surface area (Å²) in [6.45, 7) is 1.09. The maximum atomic E-state index is 10.8. The van der Waals surface area contributed by atoms with E-state index in [9.17, 15) is 5.11 Å². The molecular weight excluding hydrogens is 222 g/mol. The highest BCUT2D eigenvalue weighted by atomic mass is 16.3. The van der Waals surface area contributed by atoms with Crippen LogP contribution in [0.4, 0.5) is 0 Å². The summed E-state index contributed by atoms with van der Waals surface area (Å²) in [4.78, 5) is 0. The Morgan fingerprint density at radius 2 is 2.00 bits per heavy atom. The molecule has 2 nitrogen and oxygen atoms in total. The van der Waals surface area contributed by atoms with E-state index in [-0.39, 0.29) is 5.60 Å². The fourth-order valence-electron chi connectivity index (χ4n) is 4.00. The summed E-state index contributed by atoms with van der Waals surface area (Å²) < 4.78 is 0. The third-order valence-electron chi connectivity index (χ3n) is 4.94. The van der Waals surface area contributed by atoms with Crippen molar-refractivity contribution in [2.75, 3.05) is 6.54 Å². The summed E-state index contributed by atoms with van der Waals surface area (Å²) in [6, 6.07) is 11.3. The molecule has 0 radical (unpaired) electrons. The Balaban J connectivity index is 1.75. The number of nitrogens with two attached hydrogens (primary N) is 1. The fraction of sp³-hybridized carbons (Fsp3) is 0.625. The highest BCUT2D eigenvalue weighted by Gasteiger charge is 2.47. The zero-order valence-electron chi connectivity index (χ0n) is 11.0. The van der Waals surface area contributed by atoms with Crippen LogP contribution in [0.5, 0.6) is 0 Å². The molecule has 1 aromatic carbocycles. The molecule has 0 bridgehead atoms. The Morgan fingerprint density at radius 1 is 1.17 bits per heavy atom. The Labute approximate surface area is 109 Å². The van der Waals surface area contributed by atoms with Gasteiger partial charge in [0.1, 0.15) is 0 Å². The van der Waals surface area contributed by atoms with Gasteiger partial charge in [0.2, 0.25) is 0 Å². The van der Waals surface area contributed by atoms with Gasteiger partial charge in [-0.05, 0) is 18.4 Å². The van der Waals surface area contributed by atoms with Crippen LogP contribution in [0.2, 0.25) is 0 Å². The van der Waals surface area contributed by atoms with E-state index in [2.05, 4.69) is 35.6 Å². The highest BCUT2D eigenvalue weighted by molar-refractivity contribution is 5.16. The number of quaternary nitrogens is 1.